The van der Waals surface area contributed by atoms with Gasteiger partial charge in [0.05, 0.1) is 18.1 Å². The number of benzene rings is 1. The molecule has 21 heavy (non-hydrogen) atoms. The molecule has 0 saturated carbocycles. The molecule has 2 aromatic heterocycles. The van der Waals surface area contributed by atoms with Gasteiger partial charge in [-0.3, -0.25) is 4.79 Å². The summed E-state index contributed by atoms with van der Waals surface area (Å²) in [6.45, 7) is 0.455. The minimum Gasteiger partial charge on any atom is -0.352 e. The lowest BCUT2D eigenvalue weighted by Crippen LogP contribution is -2.24. The molecule has 0 fully saturated rings. The molecule has 3 rings (SSSR count). The fraction of sp³-hybridized carbons (Fsp3) is 0.125. The van der Waals surface area contributed by atoms with Crippen molar-refractivity contribution in [2.75, 3.05) is 0 Å². The first-order valence-corrected chi connectivity index (χ1v) is 7.03. The Balaban J connectivity index is 1.65. The fourth-order valence-corrected chi connectivity index (χ4v) is 2.40. The van der Waals surface area contributed by atoms with Gasteiger partial charge in [-0.05, 0) is 23.8 Å². The number of halogens is 1. The van der Waals surface area contributed by atoms with E-state index >= 15 is 0 Å². The number of hydrogen-bond donors (Lipinski definition) is 1. The van der Waals surface area contributed by atoms with E-state index in [0.717, 1.165) is 16.6 Å². The molecule has 1 N–H and O–H groups in total. The summed E-state index contributed by atoms with van der Waals surface area (Å²) in [6, 6.07) is 13.2. The number of carbonyl (C=O) groups is 1. The van der Waals surface area contributed by atoms with Crippen molar-refractivity contribution in [1.29, 1.82) is 0 Å². The van der Waals surface area contributed by atoms with Crippen molar-refractivity contribution in [2.24, 2.45) is 0 Å². The number of pyridine rings is 1. The first kappa shape index (κ1) is 13.6. The van der Waals surface area contributed by atoms with Crippen LogP contribution in [0.4, 0.5) is 0 Å². The molecule has 4 nitrogen and oxygen atoms in total. The summed E-state index contributed by atoms with van der Waals surface area (Å²) in [6.07, 6.45) is 3.92. The Morgan fingerprint density at radius 1 is 1.14 bits per heavy atom. The molecule has 0 aliphatic heterocycles. The number of carbonyl (C=O) groups excluding carboxylic acids is 1. The second-order valence-corrected chi connectivity index (χ2v) is 5.15. The largest absolute Gasteiger partial charge is 0.352 e. The highest BCUT2D eigenvalue weighted by Crippen LogP contribution is 2.15. The maximum absolute atomic E-state index is 12.0. The van der Waals surface area contributed by atoms with Gasteiger partial charge in [-0.25, -0.2) is 4.52 Å². The maximum atomic E-state index is 12.0. The van der Waals surface area contributed by atoms with Gasteiger partial charge in [0.15, 0.2) is 0 Å². The van der Waals surface area contributed by atoms with Gasteiger partial charge in [-0.1, -0.05) is 35.9 Å². The Labute approximate surface area is 127 Å². The van der Waals surface area contributed by atoms with E-state index < -0.39 is 0 Å². The monoisotopic (exact) mass is 299 g/mol. The number of hydrogen-bond acceptors (Lipinski definition) is 2. The van der Waals surface area contributed by atoms with Gasteiger partial charge in [-0.15, -0.1) is 0 Å². The highest BCUT2D eigenvalue weighted by Gasteiger charge is 2.08. The topological polar surface area (TPSA) is 46.4 Å². The molecule has 0 saturated heterocycles. The molecule has 1 amide bonds. The summed E-state index contributed by atoms with van der Waals surface area (Å²) >= 11 is 6.05. The van der Waals surface area contributed by atoms with E-state index in [-0.39, 0.29) is 12.3 Å². The first-order chi connectivity index (χ1) is 10.2. The Bertz CT molecular complexity index is 782. The second kappa shape index (κ2) is 5.97. The van der Waals surface area contributed by atoms with Crippen molar-refractivity contribution < 1.29 is 4.79 Å². The number of amides is 1. The van der Waals surface area contributed by atoms with E-state index in [1.54, 1.807) is 16.8 Å². The standard InChI is InChI=1S/C16H14ClN3O/c17-14-6-2-1-5-12(14)9-16(21)18-10-13-11-19-20-8-4-3-7-15(13)20/h1-8,11H,9-10H2,(H,18,21). The minimum absolute atomic E-state index is 0.0571. The molecular weight excluding hydrogens is 286 g/mol. The molecule has 2 heterocycles. The van der Waals surface area contributed by atoms with Crippen LogP contribution in [-0.4, -0.2) is 15.5 Å². The highest BCUT2D eigenvalue weighted by atomic mass is 35.5. The van der Waals surface area contributed by atoms with Gasteiger partial charge >= 0.3 is 0 Å². The van der Waals surface area contributed by atoms with Crippen molar-refractivity contribution in [3.63, 3.8) is 0 Å². The summed E-state index contributed by atoms with van der Waals surface area (Å²) in [4.78, 5) is 12.0. The molecule has 0 spiro atoms. The predicted molar refractivity (Wildman–Crippen MR) is 82.2 cm³/mol. The molecule has 3 aromatic rings. The first-order valence-electron chi connectivity index (χ1n) is 6.65. The molecule has 0 unspecified atom stereocenters. The predicted octanol–water partition coefficient (Wildman–Crippen LogP) is 2.85. The van der Waals surface area contributed by atoms with E-state index in [1.165, 1.54) is 0 Å². The number of aromatic nitrogens is 2. The average molecular weight is 300 g/mol. The van der Waals surface area contributed by atoms with Crippen LogP contribution in [-0.2, 0) is 17.8 Å². The smallest absolute Gasteiger partial charge is 0.224 e. The van der Waals surface area contributed by atoms with Crippen LogP contribution < -0.4 is 5.32 Å². The van der Waals surface area contributed by atoms with Gasteiger partial charge in [0.1, 0.15) is 0 Å². The summed E-state index contributed by atoms with van der Waals surface area (Å²) in [5.41, 5.74) is 2.81. The molecule has 106 valence electrons. The van der Waals surface area contributed by atoms with Crippen molar-refractivity contribution in [3.8, 4) is 0 Å². The van der Waals surface area contributed by atoms with E-state index in [0.29, 0.717) is 11.6 Å². The lowest BCUT2D eigenvalue weighted by Gasteiger charge is -2.06. The molecule has 1 aromatic carbocycles. The SMILES string of the molecule is O=C(Cc1ccccc1Cl)NCc1cnn2ccccc12. The van der Waals surface area contributed by atoms with Crippen LogP contribution in [0.25, 0.3) is 5.52 Å². The third-order valence-electron chi connectivity index (χ3n) is 3.29. The average Bonchev–Trinajstić information content (AvgIpc) is 2.91. The zero-order valence-corrected chi connectivity index (χ0v) is 12.0. The summed E-state index contributed by atoms with van der Waals surface area (Å²) < 4.78 is 1.79. The molecule has 5 heteroatoms. The highest BCUT2D eigenvalue weighted by molar-refractivity contribution is 6.31. The zero-order chi connectivity index (χ0) is 14.7. The molecule has 0 atom stereocenters. The van der Waals surface area contributed by atoms with Gasteiger partial charge in [-0.2, -0.15) is 5.10 Å². The van der Waals surface area contributed by atoms with Gasteiger partial charge < -0.3 is 5.32 Å². The second-order valence-electron chi connectivity index (χ2n) is 4.75. The van der Waals surface area contributed by atoms with Crippen LogP contribution >= 0.6 is 11.6 Å². The van der Waals surface area contributed by atoms with E-state index in [4.69, 9.17) is 11.6 Å². The number of fused-ring (bicyclic) bond motifs is 1. The Hall–Kier alpha value is -2.33. The van der Waals surface area contributed by atoms with Crippen LogP contribution in [0.15, 0.2) is 54.9 Å². The van der Waals surface area contributed by atoms with E-state index in [1.807, 2.05) is 42.6 Å². The Kier molecular flexibility index (Phi) is 3.88. The Morgan fingerprint density at radius 3 is 2.81 bits per heavy atom. The third kappa shape index (κ3) is 3.06. The van der Waals surface area contributed by atoms with Crippen LogP contribution in [0.5, 0.6) is 0 Å². The molecule has 0 bridgehead atoms. The van der Waals surface area contributed by atoms with Crippen LogP contribution in [0.1, 0.15) is 11.1 Å². The number of nitrogens with one attached hydrogen (secondary N) is 1. The quantitative estimate of drug-likeness (QED) is 0.805. The van der Waals surface area contributed by atoms with Gasteiger partial charge in [0, 0.05) is 23.3 Å². The lowest BCUT2D eigenvalue weighted by atomic mass is 10.1. The number of rotatable bonds is 4. The fourth-order valence-electron chi connectivity index (χ4n) is 2.19. The van der Waals surface area contributed by atoms with E-state index in [2.05, 4.69) is 10.4 Å². The molecule has 0 radical (unpaired) electrons. The molecule has 0 aliphatic rings. The van der Waals surface area contributed by atoms with Crippen LogP contribution in [0.2, 0.25) is 5.02 Å². The summed E-state index contributed by atoms with van der Waals surface area (Å²) in [5, 5.41) is 7.76. The summed E-state index contributed by atoms with van der Waals surface area (Å²) in [7, 11) is 0. The normalized spacial score (nSPS) is 10.7. The molecular formula is C16H14ClN3O. The van der Waals surface area contributed by atoms with Gasteiger partial charge in [0.25, 0.3) is 0 Å². The van der Waals surface area contributed by atoms with Crippen molar-refractivity contribution >= 4 is 23.0 Å². The Morgan fingerprint density at radius 2 is 1.95 bits per heavy atom. The molecule has 0 aliphatic carbocycles. The number of nitrogens with zero attached hydrogens (tertiary/aromatic N) is 2. The summed E-state index contributed by atoms with van der Waals surface area (Å²) in [5.74, 6) is -0.0571. The third-order valence-corrected chi connectivity index (χ3v) is 3.66. The van der Waals surface area contributed by atoms with Crippen molar-refractivity contribution in [3.05, 3.63) is 71.0 Å². The minimum atomic E-state index is -0.0571. The lowest BCUT2D eigenvalue weighted by molar-refractivity contribution is -0.120. The maximum Gasteiger partial charge on any atom is 0.224 e. The van der Waals surface area contributed by atoms with Gasteiger partial charge in [0.2, 0.25) is 5.91 Å². The van der Waals surface area contributed by atoms with Crippen LogP contribution in [0, 0.1) is 0 Å². The van der Waals surface area contributed by atoms with Crippen molar-refractivity contribution in [2.45, 2.75) is 13.0 Å². The van der Waals surface area contributed by atoms with E-state index in [9.17, 15) is 4.79 Å². The van der Waals surface area contributed by atoms with Crippen LogP contribution in [0.3, 0.4) is 0 Å². The van der Waals surface area contributed by atoms with Crippen molar-refractivity contribution in [1.82, 2.24) is 14.9 Å². The zero-order valence-electron chi connectivity index (χ0n) is 11.3.